The number of carbonyl (C=O) groups is 1. The van der Waals surface area contributed by atoms with Gasteiger partial charge in [-0.2, -0.15) is 0 Å². The van der Waals surface area contributed by atoms with Crippen molar-refractivity contribution in [1.82, 2.24) is 5.32 Å². The predicted octanol–water partition coefficient (Wildman–Crippen LogP) is 3.82. The van der Waals surface area contributed by atoms with Crippen molar-refractivity contribution in [2.45, 2.75) is 25.3 Å². The zero-order chi connectivity index (χ0) is 22.4. The number of methoxy groups -OCH3 is 1. The number of anilines is 1. The van der Waals surface area contributed by atoms with Gasteiger partial charge in [0.15, 0.2) is 0 Å². The minimum Gasteiger partial charge on any atom is -0.495 e. The Hall–Kier alpha value is -3.32. The van der Waals surface area contributed by atoms with E-state index in [-0.39, 0.29) is 11.4 Å². The van der Waals surface area contributed by atoms with Crippen molar-refractivity contribution in [3.05, 3.63) is 89.5 Å². The summed E-state index contributed by atoms with van der Waals surface area (Å²) in [4.78, 5) is 12.9. The molecule has 0 fully saturated rings. The summed E-state index contributed by atoms with van der Waals surface area (Å²) in [6.45, 7) is 3.79. The van der Waals surface area contributed by atoms with Crippen LogP contribution in [-0.4, -0.2) is 28.0 Å². The lowest BCUT2D eigenvalue weighted by molar-refractivity contribution is -0.119. The number of nitrogens with zero attached hydrogens (tertiary/aromatic N) is 1. The molecule has 0 aliphatic rings. The smallest absolute Gasteiger partial charge is 0.264 e. The van der Waals surface area contributed by atoms with E-state index in [4.69, 9.17) is 4.74 Å². The minimum absolute atomic E-state index is 0.107. The Kier molecular flexibility index (Phi) is 6.97. The lowest BCUT2D eigenvalue weighted by atomic mass is 10.1. The van der Waals surface area contributed by atoms with Crippen molar-refractivity contribution in [2.75, 3.05) is 18.0 Å². The largest absolute Gasteiger partial charge is 0.495 e. The average Bonchev–Trinajstić information content (AvgIpc) is 2.76. The summed E-state index contributed by atoms with van der Waals surface area (Å²) in [5, 5.41) is 2.81. The highest BCUT2D eigenvalue weighted by Gasteiger charge is 2.29. The summed E-state index contributed by atoms with van der Waals surface area (Å²) >= 11 is 0. The van der Waals surface area contributed by atoms with Gasteiger partial charge in [0.2, 0.25) is 5.91 Å². The third kappa shape index (κ3) is 5.44. The Morgan fingerprint density at radius 2 is 1.65 bits per heavy atom. The zero-order valence-electron chi connectivity index (χ0n) is 17.8. The molecule has 1 N–H and O–H groups in total. The molecule has 3 aromatic rings. The van der Waals surface area contributed by atoms with Gasteiger partial charge in [0, 0.05) is 6.54 Å². The van der Waals surface area contributed by atoms with Crippen molar-refractivity contribution in [1.29, 1.82) is 0 Å². The first-order valence-electron chi connectivity index (χ1n) is 9.86. The van der Waals surface area contributed by atoms with Gasteiger partial charge in [0.1, 0.15) is 12.3 Å². The number of para-hydroxylation sites is 2. The Morgan fingerprint density at radius 3 is 2.32 bits per heavy atom. The molecule has 31 heavy (non-hydrogen) atoms. The molecule has 0 aromatic heterocycles. The first-order valence-corrected chi connectivity index (χ1v) is 11.3. The zero-order valence-corrected chi connectivity index (χ0v) is 18.6. The molecule has 0 bridgehead atoms. The molecular formula is C24H26N2O4S. The molecule has 0 atom stereocenters. The Labute approximate surface area is 183 Å². The number of nitrogens with one attached hydrogen (secondary N) is 1. The van der Waals surface area contributed by atoms with Gasteiger partial charge in [-0.25, -0.2) is 8.42 Å². The summed E-state index contributed by atoms with van der Waals surface area (Å²) in [5.74, 6) is -0.0484. The van der Waals surface area contributed by atoms with Gasteiger partial charge < -0.3 is 10.1 Å². The van der Waals surface area contributed by atoms with E-state index in [0.29, 0.717) is 18.0 Å². The maximum atomic E-state index is 13.5. The molecule has 0 radical (unpaired) electrons. The maximum absolute atomic E-state index is 13.5. The third-order valence-electron chi connectivity index (χ3n) is 4.82. The molecule has 0 heterocycles. The number of rotatable bonds is 8. The van der Waals surface area contributed by atoms with Gasteiger partial charge >= 0.3 is 0 Å². The number of hydrogen-bond acceptors (Lipinski definition) is 4. The lowest BCUT2D eigenvalue weighted by Crippen LogP contribution is -2.40. The summed E-state index contributed by atoms with van der Waals surface area (Å²) in [5.41, 5.74) is 3.28. The fourth-order valence-electron chi connectivity index (χ4n) is 3.18. The molecule has 162 valence electrons. The summed E-state index contributed by atoms with van der Waals surface area (Å²) < 4.78 is 33.4. The van der Waals surface area contributed by atoms with E-state index >= 15 is 0 Å². The highest BCUT2D eigenvalue weighted by molar-refractivity contribution is 7.92. The van der Waals surface area contributed by atoms with Crippen molar-refractivity contribution in [3.8, 4) is 5.75 Å². The van der Waals surface area contributed by atoms with Gasteiger partial charge in [-0.05, 0) is 43.7 Å². The van der Waals surface area contributed by atoms with Gasteiger partial charge in [-0.15, -0.1) is 0 Å². The number of amides is 1. The maximum Gasteiger partial charge on any atom is 0.264 e. The van der Waals surface area contributed by atoms with E-state index < -0.39 is 15.9 Å². The Bertz CT molecular complexity index is 1160. The third-order valence-corrected chi connectivity index (χ3v) is 6.60. The monoisotopic (exact) mass is 438 g/mol. The van der Waals surface area contributed by atoms with Crippen LogP contribution in [0, 0.1) is 13.8 Å². The molecule has 0 aliphatic carbocycles. The Morgan fingerprint density at radius 1 is 0.935 bits per heavy atom. The number of benzene rings is 3. The highest BCUT2D eigenvalue weighted by atomic mass is 32.2. The van der Waals surface area contributed by atoms with E-state index in [9.17, 15) is 13.2 Å². The first kappa shape index (κ1) is 22.4. The molecule has 7 heteroatoms. The second-order valence-corrected chi connectivity index (χ2v) is 9.12. The van der Waals surface area contributed by atoms with E-state index in [0.717, 1.165) is 21.0 Å². The van der Waals surface area contributed by atoms with Crippen LogP contribution in [0.5, 0.6) is 5.75 Å². The molecule has 0 saturated heterocycles. The topological polar surface area (TPSA) is 75.7 Å². The molecule has 1 amide bonds. The molecule has 6 nitrogen and oxygen atoms in total. The van der Waals surface area contributed by atoms with Gasteiger partial charge in [-0.1, -0.05) is 59.7 Å². The highest BCUT2D eigenvalue weighted by Crippen LogP contribution is 2.32. The van der Waals surface area contributed by atoms with E-state index in [1.54, 1.807) is 36.4 Å². The van der Waals surface area contributed by atoms with Crippen molar-refractivity contribution >= 4 is 21.6 Å². The molecule has 0 aliphatic heterocycles. The van der Waals surface area contributed by atoms with Gasteiger partial charge in [-0.3, -0.25) is 9.10 Å². The van der Waals surface area contributed by atoms with Crippen LogP contribution in [0.4, 0.5) is 5.69 Å². The second-order valence-electron chi connectivity index (χ2n) is 7.26. The quantitative estimate of drug-likeness (QED) is 0.580. The fraction of sp³-hybridized carbons (Fsp3) is 0.208. The molecule has 3 aromatic carbocycles. The molecular weight excluding hydrogens is 412 g/mol. The van der Waals surface area contributed by atoms with Crippen LogP contribution in [0.15, 0.2) is 77.7 Å². The standard InChI is InChI=1S/C24H26N2O4S/c1-18-11-13-21(14-12-18)31(28,29)26(22-9-4-5-10-23(22)30-3)17-24(27)25-16-20-8-6-7-19(2)15-20/h4-15H,16-17H2,1-3H3,(H,25,27). The van der Waals surface area contributed by atoms with Crippen LogP contribution in [0.25, 0.3) is 0 Å². The normalized spacial score (nSPS) is 11.1. The minimum atomic E-state index is -4.00. The SMILES string of the molecule is COc1ccccc1N(CC(=O)NCc1cccc(C)c1)S(=O)(=O)c1ccc(C)cc1. The number of aryl methyl sites for hydroxylation is 2. The molecule has 0 spiro atoms. The molecule has 0 unspecified atom stereocenters. The molecule has 0 saturated carbocycles. The predicted molar refractivity (Wildman–Crippen MR) is 122 cm³/mol. The number of hydrogen-bond donors (Lipinski definition) is 1. The first-order chi connectivity index (χ1) is 14.8. The second kappa shape index (κ2) is 9.66. The van der Waals surface area contributed by atoms with Crippen LogP contribution in [-0.2, 0) is 21.4 Å². The van der Waals surface area contributed by atoms with Crippen molar-refractivity contribution < 1.29 is 17.9 Å². The van der Waals surface area contributed by atoms with E-state index in [1.807, 2.05) is 38.1 Å². The van der Waals surface area contributed by atoms with Crippen LogP contribution in [0.1, 0.15) is 16.7 Å². The van der Waals surface area contributed by atoms with Crippen molar-refractivity contribution in [3.63, 3.8) is 0 Å². The number of sulfonamides is 1. The van der Waals surface area contributed by atoms with E-state index in [2.05, 4.69) is 5.32 Å². The lowest BCUT2D eigenvalue weighted by Gasteiger charge is -2.25. The van der Waals surface area contributed by atoms with Crippen LogP contribution in [0.2, 0.25) is 0 Å². The summed E-state index contributed by atoms with van der Waals surface area (Å²) in [7, 11) is -2.53. The van der Waals surface area contributed by atoms with Crippen LogP contribution >= 0.6 is 0 Å². The van der Waals surface area contributed by atoms with Crippen LogP contribution < -0.4 is 14.4 Å². The number of carbonyl (C=O) groups excluding carboxylic acids is 1. The van der Waals surface area contributed by atoms with Gasteiger partial charge in [0.05, 0.1) is 17.7 Å². The number of ether oxygens (including phenoxy) is 1. The van der Waals surface area contributed by atoms with Gasteiger partial charge in [0.25, 0.3) is 10.0 Å². The summed E-state index contributed by atoms with van der Waals surface area (Å²) in [6, 6.07) is 21.1. The van der Waals surface area contributed by atoms with E-state index in [1.165, 1.54) is 19.2 Å². The van der Waals surface area contributed by atoms with Crippen LogP contribution in [0.3, 0.4) is 0 Å². The fourth-order valence-corrected chi connectivity index (χ4v) is 4.61. The summed E-state index contributed by atoms with van der Waals surface area (Å²) in [6.07, 6.45) is 0. The molecule has 3 rings (SSSR count). The average molecular weight is 439 g/mol. The van der Waals surface area contributed by atoms with Crippen molar-refractivity contribution in [2.24, 2.45) is 0 Å². The Balaban J connectivity index is 1.90.